The zero-order chi connectivity index (χ0) is 21.2. The van der Waals surface area contributed by atoms with Gasteiger partial charge in [-0.1, -0.05) is 36.7 Å². The number of aliphatic imine (C=N–C) groups is 1. The molecule has 0 bridgehead atoms. The summed E-state index contributed by atoms with van der Waals surface area (Å²) in [4.78, 5) is 4.70. The summed E-state index contributed by atoms with van der Waals surface area (Å²) in [6, 6.07) is 8.60. The molecule has 0 spiro atoms. The summed E-state index contributed by atoms with van der Waals surface area (Å²) >= 11 is 1.70. The quantitative estimate of drug-likeness (QED) is 0.148. The van der Waals surface area contributed by atoms with Crippen molar-refractivity contribution >= 4 is 41.7 Å². The van der Waals surface area contributed by atoms with Gasteiger partial charge in [-0.2, -0.15) is 0 Å². The fourth-order valence-corrected chi connectivity index (χ4v) is 4.46. The standard InChI is InChI=1S/C22H34N6OS.HI/c1-4-23-21(25-16-17-9-7-12-19(15-17)29-2)24-14-8-13-20-26-27-22(30-3)28(20)18-10-5-6-11-18;/h7,9,12,15,18H,4-6,8,10-11,13-14,16H2,1-3H3,(H2,23,24,25);1H. The number of nitrogens with one attached hydrogen (secondary N) is 2. The Hall–Kier alpha value is -1.49. The Labute approximate surface area is 207 Å². The molecule has 1 saturated carbocycles. The van der Waals surface area contributed by atoms with E-state index in [2.05, 4.69) is 44.6 Å². The molecule has 7 nitrogen and oxygen atoms in total. The molecule has 31 heavy (non-hydrogen) atoms. The molecule has 2 aromatic rings. The second-order valence-electron chi connectivity index (χ2n) is 7.49. The lowest BCUT2D eigenvalue weighted by Gasteiger charge is -2.16. The number of aryl methyl sites for hydroxylation is 1. The van der Waals surface area contributed by atoms with Gasteiger partial charge in [0.2, 0.25) is 0 Å². The summed E-state index contributed by atoms with van der Waals surface area (Å²) in [7, 11) is 1.68. The number of thioether (sulfide) groups is 1. The van der Waals surface area contributed by atoms with Crippen LogP contribution in [0.1, 0.15) is 56.5 Å². The highest BCUT2D eigenvalue weighted by Gasteiger charge is 2.23. The summed E-state index contributed by atoms with van der Waals surface area (Å²) in [5.74, 6) is 2.81. The first-order valence-corrected chi connectivity index (χ1v) is 12.1. The molecule has 1 aliphatic rings. The maximum Gasteiger partial charge on any atom is 0.191 e. The first kappa shape index (κ1) is 25.8. The van der Waals surface area contributed by atoms with E-state index >= 15 is 0 Å². The number of aromatic nitrogens is 3. The summed E-state index contributed by atoms with van der Waals surface area (Å²) in [5.41, 5.74) is 1.13. The number of hydrogen-bond acceptors (Lipinski definition) is 5. The summed E-state index contributed by atoms with van der Waals surface area (Å²) in [6.45, 7) is 4.36. The van der Waals surface area contributed by atoms with Crippen LogP contribution in [-0.4, -0.2) is 47.2 Å². The van der Waals surface area contributed by atoms with Crippen molar-refractivity contribution in [2.24, 2.45) is 4.99 Å². The van der Waals surface area contributed by atoms with Crippen molar-refractivity contribution in [3.05, 3.63) is 35.7 Å². The molecule has 2 N–H and O–H groups in total. The molecule has 0 atom stereocenters. The van der Waals surface area contributed by atoms with E-state index in [1.54, 1.807) is 18.9 Å². The minimum Gasteiger partial charge on any atom is -0.497 e. The highest BCUT2D eigenvalue weighted by atomic mass is 127. The molecule has 1 aromatic heterocycles. The third kappa shape index (κ3) is 7.55. The third-order valence-electron chi connectivity index (χ3n) is 5.38. The number of methoxy groups -OCH3 is 1. The molecule has 0 unspecified atom stereocenters. The molecule has 0 radical (unpaired) electrons. The van der Waals surface area contributed by atoms with Crippen LogP contribution in [0.15, 0.2) is 34.4 Å². The zero-order valence-corrected chi connectivity index (χ0v) is 21.9. The second-order valence-corrected chi connectivity index (χ2v) is 8.26. The topological polar surface area (TPSA) is 76.4 Å². The highest BCUT2D eigenvalue weighted by molar-refractivity contribution is 14.0. The molecular weight excluding hydrogens is 523 g/mol. The van der Waals surface area contributed by atoms with E-state index in [1.807, 2.05) is 18.2 Å². The fourth-order valence-electron chi connectivity index (χ4n) is 3.88. The molecule has 0 saturated heterocycles. The summed E-state index contributed by atoms with van der Waals surface area (Å²) in [5, 5.41) is 16.7. The number of guanidine groups is 1. The van der Waals surface area contributed by atoms with Gasteiger partial charge in [0.05, 0.1) is 13.7 Å². The van der Waals surface area contributed by atoms with Crippen molar-refractivity contribution < 1.29 is 4.74 Å². The molecule has 9 heteroatoms. The van der Waals surface area contributed by atoms with Crippen LogP contribution in [0.3, 0.4) is 0 Å². The van der Waals surface area contributed by atoms with Gasteiger partial charge in [0.15, 0.2) is 11.1 Å². The SMILES string of the molecule is CCNC(=NCc1cccc(OC)c1)NCCCc1nnc(SC)n1C1CCCC1.I. The van der Waals surface area contributed by atoms with Crippen LogP contribution in [0.25, 0.3) is 0 Å². The van der Waals surface area contributed by atoms with E-state index in [4.69, 9.17) is 9.73 Å². The number of halogens is 1. The Morgan fingerprint density at radius 1 is 1.26 bits per heavy atom. The smallest absolute Gasteiger partial charge is 0.191 e. The molecule has 3 rings (SSSR count). The van der Waals surface area contributed by atoms with Gasteiger partial charge >= 0.3 is 0 Å². The van der Waals surface area contributed by atoms with E-state index in [-0.39, 0.29) is 24.0 Å². The minimum absolute atomic E-state index is 0. The number of nitrogens with zero attached hydrogens (tertiary/aromatic N) is 4. The van der Waals surface area contributed by atoms with Crippen LogP contribution in [-0.2, 0) is 13.0 Å². The number of hydrogen-bond donors (Lipinski definition) is 2. The van der Waals surface area contributed by atoms with Gasteiger partial charge in [0.25, 0.3) is 0 Å². The van der Waals surface area contributed by atoms with Crippen LogP contribution >= 0.6 is 35.7 Å². The molecular formula is C22H35IN6OS. The van der Waals surface area contributed by atoms with Gasteiger partial charge in [0.1, 0.15) is 11.6 Å². The highest BCUT2D eigenvalue weighted by Crippen LogP contribution is 2.33. The maximum absolute atomic E-state index is 5.29. The van der Waals surface area contributed by atoms with Crippen molar-refractivity contribution in [2.75, 3.05) is 26.5 Å². The Balaban J connectivity index is 0.00000341. The third-order valence-corrected chi connectivity index (χ3v) is 6.02. The van der Waals surface area contributed by atoms with Gasteiger partial charge in [0, 0.05) is 25.6 Å². The first-order chi connectivity index (χ1) is 14.7. The predicted molar refractivity (Wildman–Crippen MR) is 139 cm³/mol. The van der Waals surface area contributed by atoms with E-state index in [9.17, 15) is 0 Å². The lowest BCUT2D eigenvalue weighted by atomic mass is 10.2. The molecule has 1 fully saturated rings. The van der Waals surface area contributed by atoms with E-state index < -0.39 is 0 Å². The van der Waals surface area contributed by atoms with Gasteiger partial charge < -0.3 is 19.9 Å². The van der Waals surface area contributed by atoms with Crippen molar-refractivity contribution in [1.29, 1.82) is 0 Å². The largest absolute Gasteiger partial charge is 0.497 e. The van der Waals surface area contributed by atoms with E-state index in [0.29, 0.717) is 12.6 Å². The lowest BCUT2D eigenvalue weighted by molar-refractivity contribution is 0.414. The average Bonchev–Trinajstić information content (AvgIpc) is 3.44. The molecule has 172 valence electrons. The van der Waals surface area contributed by atoms with Gasteiger partial charge in [-0.15, -0.1) is 34.2 Å². The molecule has 0 aliphatic heterocycles. The number of rotatable bonds is 10. The summed E-state index contributed by atoms with van der Waals surface area (Å²) in [6.07, 6.45) is 9.12. The Morgan fingerprint density at radius 2 is 2.06 bits per heavy atom. The van der Waals surface area contributed by atoms with Gasteiger partial charge in [-0.3, -0.25) is 0 Å². The average molecular weight is 559 g/mol. The zero-order valence-electron chi connectivity index (χ0n) is 18.8. The normalized spacial score (nSPS) is 14.4. The van der Waals surface area contributed by atoms with Crippen LogP contribution < -0.4 is 15.4 Å². The molecule has 1 heterocycles. The molecule has 0 amide bonds. The monoisotopic (exact) mass is 558 g/mol. The van der Waals surface area contributed by atoms with Crippen LogP contribution in [0.4, 0.5) is 0 Å². The van der Waals surface area contributed by atoms with Gasteiger partial charge in [-0.05, 0) is 50.1 Å². The van der Waals surface area contributed by atoms with Crippen molar-refractivity contribution in [1.82, 2.24) is 25.4 Å². The summed E-state index contributed by atoms with van der Waals surface area (Å²) < 4.78 is 7.68. The Bertz CT molecular complexity index is 822. The van der Waals surface area contributed by atoms with E-state index in [1.165, 1.54) is 25.7 Å². The van der Waals surface area contributed by atoms with Crippen molar-refractivity contribution in [2.45, 2.75) is 63.2 Å². The van der Waals surface area contributed by atoms with Crippen molar-refractivity contribution in [3.8, 4) is 5.75 Å². The van der Waals surface area contributed by atoms with Crippen LogP contribution in [0.5, 0.6) is 5.75 Å². The van der Waals surface area contributed by atoms with Crippen molar-refractivity contribution in [3.63, 3.8) is 0 Å². The first-order valence-electron chi connectivity index (χ1n) is 10.9. The Kier molecular flexibility index (Phi) is 11.5. The molecule has 1 aromatic carbocycles. The van der Waals surface area contributed by atoms with Crippen LogP contribution in [0.2, 0.25) is 0 Å². The lowest BCUT2D eigenvalue weighted by Crippen LogP contribution is -2.37. The molecule has 1 aliphatic carbocycles. The van der Waals surface area contributed by atoms with Crippen LogP contribution in [0, 0.1) is 0 Å². The number of benzene rings is 1. The predicted octanol–water partition coefficient (Wildman–Crippen LogP) is 4.43. The Morgan fingerprint density at radius 3 is 2.77 bits per heavy atom. The second kappa shape index (κ2) is 13.8. The van der Waals surface area contributed by atoms with E-state index in [0.717, 1.165) is 54.2 Å². The minimum atomic E-state index is 0. The van der Waals surface area contributed by atoms with Gasteiger partial charge in [-0.25, -0.2) is 4.99 Å². The maximum atomic E-state index is 5.29. The fraction of sp³-hybridized carbons (Fsp3) is 0.591. The number of ether oxygens (including phenoxy) is 1.